The summed E-state index contributed by atoms with van der Waals surface area (Å²) in [5, 5.41) is 2.65. The summed E-state index contributed by atoms with van der Waals surface area (Å²) in [4.78, 5) is 38.0. The molecular formula is C17H19BrFN3O5. The molecule has 0 saturated carbocycles. The van der Waals surface area contributed by atoms with Crippen LogP contribution in [0.5, 0.6) is 5.75 Å². The predicted molar refractivity (Wildman–Crippen MR) is 96.7 cm³/mol. The van der Waals surface area contributed by atoms with Gasteiger partial charge in [-0.25, -0.2) is 9.18 Å². The van der Waals surface area contributed by atoms with Crippen LogP contribution in [0.4, 0.5) is 14.9 Å². The molecule has 10 heteroatoms. The molecule has 0 aromatic heterocycles. The summed E-state index contributed by atoms with van der Waals surface area (Å²) < 4.78 is 25.0. The van der Waals surface area contributed by atoms with Crippen molar-refractivity contribution in [3.05, 3.63) is 22.4 Å². The number of nitrogens with one attached hydrogen (secondary N) is 1. The van der Waals surface area contributed by atoms with Crippen LogP contribution in [0, 0.1) is 5.82 Å². The Kier molecular flexibility index (Phi) is 5.27. The molecule has 2 atom stereocenters. The van der Waals surface area contributed by atoms with Crippen molar-refractivity contribution in [1.29, 1.82) is 0 Å². The second kappa shape index (κ2) is 7.34. The van der Waals surface area contributed by atoms with Crippen LogP contribution in [0.3, 0.4) is 0 Å². The van der Waals surface area contributed by atoms with E-state index in [9.17, 15) is 18.8 Å². The third-order valence-electron chi connectivity index (χ3n) is 4.59. The summed E-state index contributed by atoms with van der Waals surface area (Å²) in [5.74, 6) is -1.78. The van der Waals surface area contributed by atoms with Gasteiger partial charge in [0, 0.05) is 17.0 Å². The lowest BCUT2D eigenvalue weighted by Gasteiger charge is -2.34. The first-order chi connectivity index (χ1) is 12.8. The number of unbranched alkanes of at least 4 members (excludes halogenated alkanes) is 1. The molecule has 3 amide bonds. The number of nitrogens with two attached hydrogens (primary N) is 1. The van der Waals surface area contributed by atoms with Gasteiger partial charge < -0.3 is 20.5 Å². The molecule has 0 aliphatic carbocycles. The van der Waals surface area contributed by atoms with E-state index in [-0.39, 0.29) is 31.0 Å². The molecule has 0 radical (unpaired) electrons. The number of carbonyl (C=O) groups excluding carboxylic acids is 3. The Morgan fingerprint density at radius 1 is 1.52 bits per heavy atom. The van der Waals surface area contributed by atoms with E-state index >= 15 is 0 Å². The molecule has 27 heavy (non-hydrogen) atoms. The van der Waals surface area contributed by atoms with E-state index < -0.39 is 35.4 Å². The zero-order valence-corrected chi connectivity index (χ0v) is 16.2. The van der Waals surface area contributed by atoms with Gasteiger partial charge in [0.05, 0.1) is 18.8 Å². The van der Waals surface area contributed by atoms with E-state index in [1.807, 2.05) is 6.92 Å². The molecule has 8 nitrogen and oxygen atoms in total. The largest absolute Gasteiger partial charge is 0.473 e. The highest BCUT2D eigenvalue weighted by molar-refractivity contribution is 9.10. The molecule has 1 aromatic carbocycles. The van der Waals surface area contributed by atoms with Crippen LogP contribution in [-0.4, -0.2) is 47.6 Å². The van der Waals surface area contributed by atoms with Crippen LogP contribution in [0.15, 0.2) is 16.6 Å². The van der Waals surface area contributed by atoms with E-state index in [2.05, 4.69) is 21.2 Å². The zero-order chi connectivity index (χ0) is 19.8. The maximum absolute atomic E-state index is 13.7. The molecule has 0 bridgehead atoms. The molecule has 1 spiro atoms. The number of fused-ring (bicyclic) bond motifs is 1. The Morgan fingerprint density at radius 2 is 2.26 bits per heavy atom. The number of likely N-dealkylation sites (tertiary alicyclic amines) is 1. The number of ether oxygens (including phenoxy) is 2. The number of rotatable bonds is 4. The zero-order valence-electron chi connectivity index (χ0n) is 14.6. The number of primary amides is 1. The van der Waals surface area contributed by atoms with Gasteiger partial charge in [0.25, 0.3) is 5.91 Å². The maximum Gasteiger partial charge on any atom is 0.410 e. The molecule has 2 heterocycles. The topological polar surface area (TPSA) is 111 Å². The minimum Gasteiger partial charge on any atom is -0.473 e. The first-order valence-corrected chi connectivity index (χ1v) is 9.29. The lowest BCUT2D eigenvalue weighted by atomic mass is 9.96. The number of hydrogen-bond donors (Lipinski definition) is 2. The number of halogens is 2. The fourth-order valence-corrected chi connectivity index (χ4v) is 3.69. The minimum atomic E-state index is -1.55. The summed E-state index contributed by atoms with van der Waals surface area (Å²) in [7, 11) is 0. The van der Waals surface area contributed by atoms with Gasteiger partial charge in [-0.05, 0) is 28.4 Å². The molecule has 2 aliphatic rings. The van der Waals surface area contributed by atoms with E-state index in [4.69, 9.17) is 15.2 Å². The Labute approximate surface area is 163 Å². The van der Waals surface area contributed by atoms with Gasteiger partial charge in [-0.3, -0.25) is 14.5 Å². The van der Waals surface area contributed by atoms with Crippen LogP contribution >= 0.6 is 15.9 Å². The molecular weight excluding hydrogens is 425 g/mol. The van der Waals surface area contributed by atoms with E-state index in [1.165, 1.54) is 6.07 Å². The van der Waals surface area contributed by atoms with Crippen molar-refractivity contribution in [2.24, 2.45) is 5.73 Å². The van der Waals surface area contributed by atoms with Crippen LogP contribution in [-0.2, 0) is 14.3 Å². The Hall–Kier alpha value is -2.36. The van der Waals surface area contributed by atoms with Gasteiger partial charge in [0.15, 0.2) is 0 Å². The molecule has 3 rings (SSSR count). The summed E-state index contributed by atoms with van der Waals surface area (Å²) >= 11 is 3.17. The maximum atomic E-state index is 13.7. The molecule has 3 N–H and O–H groups in total. The standard InChI is InChI=1S/C17H19BrFN3O5/c1-2-3-4-26-16(25)22-8-17(7-11(22)14(20)23)15(24)21-13-10(18)5-9(19)6-12(13)27-17/h5-6,11H,2-4,7-8H2,1H3,(H2,20,23)(H,21,24)/t11-,17+/m0/s1. The lowest BCUT2D eigenvalue weighted by Crippen LogP contribution is -2.53. The van der Waals surface area contributed by atoms with Crippen molar-refractivity contribution >= 4 is 39.5 Å². The highest BCUT2D eigenvalue weighted by Gasteiger charge is 2.57. The molecule has 1 saturated heterocycles. The third-order valence-corrected chi connectivity index (χ3v) is 5.21. The Morgan fingerprint density at radius 3 is 2.93 bits per heavy atom. The van der Waals surface area contributed by atoms with Crippen LogP contribution in [0.25, 0.3) is 0 Å². The number of hydrogen-bond acceptors (Lipinski definition) is 5. The van der Waals surface area contributed by atoms with Crippen molar-refractivity contribution in [3.8, 4) is 5.75 Å². The Balaban J connectivity index is 1.88. The molecule has 2 aliphatic heterocycles. The quantitative estimate of drug-likeness (QED) is 0.692. The van der Waals surface area contributed by atoms with Gasteiger partial charge in [-0.1, -0.05) is 13.3 Å². The number of amides is 3. The predicted octanol–water partition coefficient (Wildman–Crippen LogP) is 2.15. The van der Waals surface area contributed by atoms with Crippen molar-refractivity contribution in [2.45, 2.75) is 37.8 Å². The van der Waals surface area contributed by atoms with E-state index in [0.717, 1.165) is 17.4 Å². The number of anilines is 1. The van der Waals surface area contributed by atoms with Gasteiger partial charge in [-0.15, -0.1) is 0 Å². The van der Waals surface area contributed by atoms with E-state index in [1.54, 1.807) is 0 Å². The Bertz CT molecular complexity index is 805. The first-order valence-electron chi connectivity index (χ1n) is 8.49. The smallest absolute Gasteiger partial charge is 0.410 e. The number of nitrogens with zero attached hydrogens (tertiary/aromatic N) is 1. The second-order valence-corrected chi connectivity index (χ2v) is 7.38. The monoisotopic (exact) mass is 443 g/mol. The van der Waals surface area contributed by atoms with Crippen molar-refractivity contribution < 1.29 is 28.2 Å². The average Bonchev–Trinajstić information content (AvgIpc) is 2.98. The third kappa shape index (κ3) is 3.58. The lowest BCUT2D eigenvalue weighted by molar-refractivity contribution is -0.131. The van der Waals surface area contributed by atoms with E-state index in [0.29, 0.717) is 10.9 Å². The number of benzene rings is 1. The summed E-state index contributed by atoms with van der Waals surface area (Å²) in [5.41, 5.74) is 4.15. The highest BCUT2D eigenvalue weighted by atomic mass is 79.9. The second-order valence-electron chi connectivity index (χ2n) is 6.53. The summed E-state index contributed by atoms with van der Waals surface area (Å²) in [6.45, 7) is 1.91. The molecule has 1 fully saturated rings. The van der Waals surface area contributed by atoms with Crippen molar-refractivity contribution in [1.82, 2.24) is 4.90 Å². The fraction of sp³-hybridized carbons (Fsp3) is 0.471. The van der Waals surface area contributed by atoms with Crippen LogP contribution in [0.1, 0.15) is 26.2 Å². The van der Waals surface area contributed by atoms with Crippen LogP contribution in [0.2, 0.25) is 0 Å². The minimum absolute atomic E-state index is 0.103. The van der Waals surface area contributed by atoms with Gasteiger partial charge in [0.1, 0.15) is 17.6 Å². The van der Waals surface area contributed by atoms with Gasteiger partial charge in [0.2, 0.25) is 11.5 Å². The molecule has 146 valence electrons. The fourth-order valence-electron chi connectivity index (χ4n) is 3.18. The average molecular weight is 444 g/mol. The number of carbonyl (C=O) groups is 3. The van der Waals surface area contributed by atoms with Gasteiger partial charge in [-0.2, -0.15) is 0 Å². The van der Waals surface area contributed by atoms with Gasteiger partial charge >= 0.3 is 6.09 Å². The molecule has 0 unspecified atom stereocenters. The van der Waals surface area contributed by atoms with Crippen molar-refractivity contribution in [3.63, 3.8) is 0 Å². The first kappa shape index (κ1) is 19.4. The summed E-state index contributed by atoms with van der Waals surface area (Å²) in [6.07, 6.45) is 0.611. The normalized spacial score (nSPS) is 23.6. The van der Waals surface area contributed by atoms with Crippen LogP contribution < -0.4 is 15.8 Å². The molecule has 1 aromatic rings. The highest BCUT2D eigenvalue weighted by Crippen LogP contribution is 2.43. The SMILES string of the molecule is CCCCOC(=O)N1C[C@@]2(C[C@H]1C(N)=O)Oc1cc(F)cc(Br)c1NC2=O. The summed E-state index contributed by atoms with van der Waals surface area (Å²) in [6, 6.07) is 1.25. The van der Waals surface area contributed by atoms with Crippen molar-refractivity contribution in [2.75, 3.05) is 18.5 Å².